The summed E-state index contributed by atoms with van der Waals surface area (Å²) in [5.74, 6) is -1.35. The Labute approximate surface area is 203 Å². The van der Waals surface area contributed by atoms with E-state index in [-0.39, 0.29) is 17.4 Å². The molecule has 3 rings (SSSR count). The molecule has 0 aliphatic carbocycles. The fourth-order valence-corrected chi connectivity index (χ4v) is 4.42. The van der Waals surface area contributed by atoms with E-state index in [1.54, 1.807) is 6.07 Å². The van der Waals surface area contributed by atoms with Gasteiger partial charge in [-0.25, -0.2) is 4.79 Å². The van der Waals surface area contributed by atoms with Gasteiger partial charge in [0.15, 0.2) is 0 Å². The van der Waals surface area contributed by atoms with Gasteiger partial charge in [0.25, 0.3) is 0 Å². The Morgan fingerprint density at radius 2 is 1.71 bits per heavy atom. The molecule has 2 amide bonds. The summed E-state index contributed by atoms with van der Waals surface area (Å²) < 4.78 is 0. The van der Waals surface area contributed by atoms with Crippen LogP contribution in [-0.2, 0) is 9.59 Å². The molecule has 7 heteroatoms. The van der Waals surface area contributed by atoms with E-state index < -0.39 is 11.2 Å². The van der Waals surface area contributed by atoms with Crippen molar-refractivity contribution in [2.24, 2.45) is 0 Å². The lowest BCUT2D eigenvalue weighted by atomic mass is 10.1. The predicted molar refractivity (Wildman–Crippen MR) is 136 cm³/mol. The molecule has 3 N–H and O–H groups in total. The van der Waals surface area contributed by atoms with E-state index in [9.17, 15) is 19.5 Å². The second-order valence-corrected chi connectivity index (χ2v) is 9.09. The molecule has 0 fully saturated rings. The molecule has 0 aromatic heterocycles. The van der Waals surface area contributed by atoms with Crippen molar-refractivity contribution in [3.8, 4) is 0 Å². The summed E-state index contributed by atoms with van der Waals surface area (Å²) >= 11 is 1.36. The lowest BCUT2D eigenvalue weighted by molar-refractivity contribution is -0.116. The maximum absolute atomic E-state index is 13.4. The molecule has 1 atom stereocenters. The van der Waals surface area contributed by atoms with Gasteiger partial charge in [-0.15, -0.1) is 11.8 Å². The van der Waals surface area contributed by atoms with Crippen LogP contribution in [0.15, 0.2) is 77.7 Å². The van der Waals surface area contributed by atoms with Crippen molar-refractivity contribution in [3.05, 3.63) is 89.5 Å². The van der Waals surface area contributed by atoms with Crippen LogP contribution in [0.1, 0.15) is 52.9 Å². The number of carboxylic acid groups (broad SMARTS) is 1. The number of carboxylic acids is 1. The van der Waals surface area contributed by atoms with Crippen molar-refractivity contribution in [1.29, 1.82) is 0 Å². The minimum Gasteiger partial charge on any atom is -0.478 e. The molecule has 0 aliphatic heterocycles. The predicted octanol–water partition coefficient (Wildman–Crippen LogP) is 6.29. The highest BCUT2D eigenvalue weighted by Crippen LogP contribution is 2.37. The third kappa shape index (κ3) is 6.96. The quantitative estimate of drug-likeness (QED) is 0.299. The van der Waals surface area contributed by atoms with E-state index in [0.29, 0.717) is 17.8 Å². The highest BCUT2D eigenvalue weighted by molar-refractivity contribution is 8.00. The smallest absolute Gasteiger partial charge is 0.335 e. The Morgan fingerprint density at radius 3 is 2.41 bits per heavy atom. The molecule has 1 unspecified atom stereocenters. The number of carbonyl (C=O) groups is 3. The van der Waals surface area contributed by atoms with Crippen LogP contribution in [-0.4, -0.2) is 22.9 Å². The van der Waals surface area contributed by atoms with Crippen LogP contribution in [0.4, 0.5) is 11.4 Å². The summed E-state index contributed by atoms with van der Waals surface area (Å²) in [6, 6.07) is 21.5. The van der Waals surface area contributed by atoms with Crippen LogP contribution in [0.2, 0.25) is 0 Å². The molecule has 34 heavy (non-hydrogen) atoms. The van der Waals surface area contributed by atoms with E-state index in [1.165, 1.54) is 23.9 Å². The number of hydrogen-bond acceptors (Lipinski definition) is 4. The van der Waals surface area contributed by atoms with Crippen molar-refractivity contribution < 1.29 is 19.5 Å². The van der Waals surface area contributed by atoms with Crippen molar-refractivity contribution in [1.82, 2.24) is 0 Å². The molecule has 0 heterocycles. The van der Waals surface area contributed by atoms with E-state index in [4.69, 9.17) is 0 Å². The first-order chi connectivity index (χ1) is 16.4. The Balaban J connectivity index is 1.84. The number of thioether (sulfide) groups is 1. The van der Waals surface area contributed by atoms with Crippen LogP contribution in [0.25, 0.3) is 0 Å². The van der Waals surface area contributed by atoms with Gasteiger partial charge in [-0.05, 0) is 54.8 Å². The lowest BCUT2D eigenvalue weighted by Gasteiger charge is -2.19. The Hall–Kier alpha value is -3.58. The van der Waals surface area contributed by atoms with E-state index in [2.05, 4.69) is 10.6 Å². The van der Waals surface area contributed by atoms with Gasteiger partial charge >= 0.3 is 5.97 Å². The normalized spacial score (nSPS) is 11.5. The summed E-state index contributed by atoms with van der Waals surface area (Å²) in [6.07, 6.45) is 2.25. The topological polar surface area (TPSA) is 95.5 Å². The highest BCUT2D eigenvalue weighted by atomic mass is 32.2. The summed E-state index contributed by atoms with van der Waals surface area (Å²) in [6.45, 7) is 3.86. The van der Waals surface area contributed by atoms with E-state index in [1.807, 2.05) is 68.4 Å². The number of amides is 2. The van der Waals surface area contributed by atoms with Gasteiger partial charge in [0.1, 0.15) is 5.25 Å². The number of hydrogen-bond donors (Lipinski definition) is 3. The number of rotatable bonds is 10. The molecule has 0 saturated carbocycles. The first-order valence-electron chi connectivity index (χ1n) is 11.1. The van der Waals surface area contributed by atoms with Gasteiger partial charge in [-0.2, -0.15) is 0 Å². The molecule has 176 valence electrons. The highest BCUT2D eigenvalue weighted by Gasteiger charge is 2.23. The molecule has 0 bridgehead atoms. The van der Waals surface area contributed by atoms with Gasteiger partial charge in [0, 0.05) is 22.7 Å². The van der Waals surface area contributed by atoms with Crippen molar-refractivity contribution in [2.45, 2.75) is 43.3 Å². The summed E-state index contributed by atoms with van der Waals surface area (Å²) in [5.41, 5.74) is 2.84. The molecule has 3 aromatic carbocycles. The summed E-state index contributed by atoms with van der Waals surface area (Å²) in [5, 5.41) is 14.5. The molecule has 0 aliphatic rings. The zero-order valence-corrected chi connectivity index (χ0v) is 20.0. The molecule has 0 radical (unpaired) electrons. The van der Waals surface area contributed by atoms with Crippen LogP contribution in [0.3, 0.4) is 0 Å². The van der Waals surface area contributed by atoms with Crippen molar-refractivity contribution in [3.63, 3.8) is 0 Å². The van der Waals surface area contributed by atoms with Gasteiger partial charge in [-0.3, -0.25) is 9.59 Å². The number of aryl methyl sites for hydroxylation is 1. The SMILES string of the molecule is CCCCC(=O)Nc1cccc(SC(C(=O)Nc2cc(C(=O)O)ccc2C)c2ccccc2)c1. The van der Waals surface area contributed by atoms with Crippen LogP contribution >= 0.6 is 11.8 Å². The standard InChI is InChI=1S/C27H28N2O4S/c1-3-4-13-24(30)28-21-11-8-12-22(17-21)34-25(19-9-6-5-7-10-19)26(31)29-23-16-20(27(32)33)15-14-18(23)2/h5-12,14-17,25H,3-4,13H2,1-2H3,(H,28,30)(H,29,31)(H,32,33). The Morgan fingerprint density at radius 1 is 0.941 bits per heavy atom. The number of aromatic carboxylic acids is 1. The minimum atomic E-state index is -1.05. The molecule has 0 saturated heterocycles. The van der Waals surface area contributed by atoms with Crippen LogP contribution in [0, 0.1) is 6.92 Å². The Kier molecular flexibility index (Phi) is 8.87. The number of nitrogens with one attached hydrogen (secondary N) is 2. The maximum Gasteiger partial charge on any atom is 0.335 e. The van der Waals surface area contributed by atoms with Crippen LogP contribution < -0.4 is 10.6 Å². The van der Waals surface area contributed by atoms with Gasteiger partial charge in [0.05, 0.1) is 5.56 Å². The van der Waals surface area contributed by atoms with Gasteiger partial charge in [0.2, 0.25) is 11.8 Å². The third-order valence-electron chi connectivity index (χ3n) is 5.21. The maximum atomic E-state index is 13.4. The molecular weight excluding hydrogens is 448 g/mol. The molecule has 0 spiro atoms. The molecule has 3 aromatic rings. The second kappa shape index (κ2) is 12.0. The number of unbranched alkanes of at least 4 members (excludes halogenated alkanes) is 1. The largest absolute Gasteiger partial charge is 0.478 e. The van der Waals surface area contributed by atoms with Crippen LogP contribution in [0.5, 0.6) is 0 Å². The number of benzene rings is 3. The fourth-order valence-electron chi connectivity index (χ4n) is 3.33. The zero-order valence-electron chi connectivity index (χ0n) is 19.2. The second-order valence-electron chi connectivity index (χ2n) is 7.91. The van der Waals surface area contributed by atoms with Crippen molar-refractivity contribution >= 4 is 40.9 Å². The lowest BCUT2D eigenvalue weighted by Crippen LogP contribution is -2.20. The average Bonchev–Trinajstić information content (AvgIpc) is 2.83. The van der Waals surface area contributed by atoms with E-state index >= 15 is 0 Å². The average molecular weight is 477 g/mol. The fraction of sp³-hybridized carbons (Fsp3) is 0.222. The summed E-state index contributed by atoms with van der Waals surface area (Å²) in [7, 11) is 0. The van der Waals surface area contributed by atoms with Crippen molar-refractivity contribution in [2.75, 3.05) is 10.6 Å². The molecular formula is C27H28N2O4S. The minimum absolute atomic E-state index is 0.0323. The number of anilines is 2. The first-order valence-corrected chi connectivity index (χ1v) is 12.0. The molecule has 6 nitrogen and oxygen atoms in total. The summed E-state index contributed by atoms with van der Waals surface area (Å²) in [4.78, 5) is 37.7. The van der Waals surface area contributed by atoms with E-state index in [0.717, 1.165) is 28.9 Å². The first kappa shape index (κ1) is 25.1. The zero-order chi connectivity index (χ0) is 24.5. The third-order valence-corrected chi connectivity index (χ3v) is 6.46. The van der Waals surface area contributed by atoms with Gasteiger partial charge < -0.3 is 15.7 Å². The number of carbonyl (C=O) groups excluding carboxylic acids is 2. The Bertz CT molecular complexity index is 1160. The van der Waals surface area contributed by atoms with Gasteiger partial charge in [-0.1, -0.05) is 55.8 Å². The monoisotopic (exact) mass is 476 g/mol.